The Morgan fingerprint density at radius 2 is 1.43 bits per heavy atom. The zero-order valence-corrected chi connectivity index (χ0v) is 24.1. The van der Waals surface area contributed by atoms with Gasteiger partial charge in [-0.25, -0.2) is 0 Å². The van der Waals surface area contributed by atoms with Crippen molar-refractivity contribution >= 4 is 5.97 Å². The number of hydrogen-bond acceptors (Lipinski definition) is 3. The van der Waals surface area contributed by atoms with Crippen LogP contribution in [0.4, 0.5) is 0 Å². The monoisotopic (exact) mass is 510 g/mol. The Balaban J connectivity index is 1.70. The fourth-order valence-corrected chi connectivity index (χ4v) is 4.67. The molecule has 2 aromatic rings. The van der Waals surface area contributed by atoms with Crippen molar-refractivity contribution in [1.82, 2.24) is 0 Å². The molecule has 4 heteroatoms. The van der Waals surface area contributed by atoms with Gasteiger partial charge in [-0.1, -0.05) is 114 Å². The maximum atomic E-state index is 12.5. The van der Waals surface area contributed by atoms with E-state index in [0.717, 1.165) is 36.2 Å². The number of carbonyl (C=O) groups is 1. The molecule has 1 atom stereocenters. The summed E-state index contributed by atoms with van der Waals surface area (Å²) in [4.78, 5) is 12.5. The van der Waals surface area contributed by atoms with Crippen LogP contribution in [0.25, 0.3) is 0 Å². The number of rotatable bonds is 20. The highest BCUT2D eigenvalue weighted by Gasteiger charge is 2.20. The lowest BCUT2D eigenvalue weighted by Crippen LogP contribution is -2.40. The van der Waals surface area contributed by atoms with E-state index in [-0.39, 0.29) is 12.1 Å². The van der Waals surface area contributed by atoms with E-state index in [0.29, 0.717) is 13.0 Å². The molecule has 4 nitrogen and oxygen atoms in total. The average Bonchev–Trinajstić information content (AvgIpc) is 2.90. The molecule has 0 heterocycles. The molecule has 0 spiro atoms. The Bertz CT molecular complexity index is 865. The number of para-hydroxylation sites is 1. The first-order valence-electron chi connectivity index (χ1n) is 14.7. The molecule has 0 radical (unpaired) electrons. The van der Waals surface area contributed by atoms with Gasteiger partial charge in [-0.3, -0.25) is 4.79 Å². The van der Waals surface area contributed by atoms with Crippen LogP contribution in [0.3, 0.4) is 0 Å². The van der Waals surface area contributed by atoms with Crippen molar-refractivity contribution in [2.75, 3.05) is 27.2 Å². The van der Waals surface area contributed by atoms with Crippen LogP contribution >= 0.6 is 0 Å². The predicted octanol–water partition coefficient (Wildman–Crippen LogP) is 8.13. The summed E-state index contributed by atoms with van der Waals surface area (Å²) in [7, 11) is 4.31. The van der Waals surface area contributed by atoms with Gasteiger partial charge in [-0.05, 0) is 30.9 Å². The molecule has 1 unspecified atom stereocenters. The second kappa shape index (κ2) is 18.0. The highest BCUT2D eigenvalue weighted by Crippen LogP contribution is 2.23. The van der Waals surface area contributed by atoms with E-state index in [1.807, 2.05) is 12.1 Å². The van der Waals surface area contributed by atoms with Crippen molar-refractivity contribution in [3.05, 3.63) is 65.7 Å². The van der Waals surface area contributed by atoms with E-state index in [1.54, 1.807) is 0 Å². The summed E-state index contributed by atoms with van der Waals surface area (Å²) in [5, 5.41) is 0. The van der Waals surface area contributed by atoms with E-state index >= 15 is 0 Å². The molecule has 206 valence electrons. The maximum absolute atomic E-state index is 12.5. The summed E-state index contributed by atoms with van der Waals surface area (Å²) >= 11 is 0. The Hall–Kier alpha value is -2.33. The summed E-state index contributed by atoms with van der Waals surface area (Å²) in [6, 6.07) is 18.8. The largest absolute Gasteiger partial charge is 0.487 e. The normalized spacial score (nSPS) is 12.3. The van der Waals surface area contributed by atoms with Crippen LogP contribution in [-0.4, -0.2) is 43.8 Å². The van der Waals surface area contributed by atoms with Crippen molar-refractivity contribution in [2.45, 2.75) is 104 Å². The van der Waals surface area contributed by atoms with Gasteiger partial charge >= 0.3 is 5.97 Å². The molecule has 0 aliphatic heterocycles. The minimum absolute atomic E-state index is 0.125. The Labute approximate surface area is 227 Å². The maximum Gasteiger partial charge on any atom is 0.311 e. The first-order chi connectivity index (χ1) is 17.9. The standard InChI is InChI=1S/C33H52NO3/c1-5-7-8-9-10-11-12-13-17-22-30-23-18-19-24-32(30)37-31(6-2)28-36-33(35)25-26-34(3,4)27-29-20-15-14-16-21-29/h14-16,18-21,23-24,31H,5-13,17,22,25-28H2,1-4H3/q+1. The lowest BCUT2D eigenvalue weighted by Gasteiger charge is -2.29. The number of unbranched alkanes of at least 4 members (excludes halogenated alkanes) is 8. The van der Waals surface area contributed by atoms with Crippen molar-refractivity contribution in [2.24, 2.45) is 0 Å². The van der Waals surface area contributed by atoms with Crippen LogP contribution in [0.2, 0.25) is 0 Å². The molecule has 2 aromatic carbocycles. The Morgan fingerprint density at radius 1 is 0.811 bits per heavy atom. The molecule has 0 fully saturated rings. The van der Waals surface area contributed by atoms with Crippen LogP contribution < -0.4 is 4.74 Å². The molecule has 0 bridgehead atoms. The van der Waals surface area contributed by atoms with Crippen molar-refractivity contribution in [3.63, 3.8) is 0 Å². The molecule has 0 aliphatic rings. The molecule has 0 aliphatic carbocycles. The van der Waals surface area contributed by atoms with Crippen LogP contribution in [-0.2, 0) is 22.5 Å². The number of hydrogen-bond donors (Lipinski definition) is 0. The van der Waals surface area contributed by atoms with E-state index in [1.165, 1.54) is 68.9 Å². The topological polar surface area (TPSA) is 35.5 Å². The predicted molar refractivity (Wildman–Crippen MR) is 155 cm³/mol. The fraction of sp³-hybridized carbons (Fsp3) is 0.606. The summed E-state index contributed by atoms with van der Waals surface area (Å²) < 4.78 is 12.7. The summed E-state index contributed by atoms with van der Waals surface area (Å²) in [6.07, 6.45) is 14.1. The van der Waals surface area contributed by atoms with Gasteiger partial charge in [0.05, 0.1) is 27.1 Å². The number of ether oxygens (including phenoxy) is 2. The number of carbonyl (C=O) groups excluding carboxylic acids is 1. The van der Waals surface area contributed by atoms with Gasteiger partial charge in [0, 0.05) is 5.56 Å². The van der Waals surface area contributed by atoms with Crippen LogP contribution in [0, 0.1) is 0 Å². The minimum Gasteiger partial charge on any atom is -0.487 e. The van der Waals surface area contributed by atoms with Gasteiger partial charge in [0.15, 0.2) is 0 Å². The zero-order valence-electron chi connectivity index (χ0n) is 24.1. The minimum atomic E-state index is -0.149. The molecule has 0 saturated carbocycles. The highest BCUT2D eigenvalue weighted by atomic mass is 16.6. The smallest absolute Gasteiger partial charge is 0.311 e. The lowest BCUT2D eigenvalue weighted by molar-refractivity contribution is -0.903. The van der Waals surface area contributed by atoms with Gasteiger partial charge in [0.25, 0.3) is 0 Å². The molecular weight excluding hydrogens is 458 g/mol. The molecule has 0 amide bonds. The third kappa shape index (κ3) is 13.7. The first-order valence-corrected chi connectivity index (χ1v) is 14.7. The number of nitrogens with zero attached hydrogens (tertiary/aromatic N) is 1. The second-order valence-electron chi connectivity index (χ2n) is 11.1. The first kappa shape index (κ1) is 30.9. The van der Waals surface area contributed by atoms with Crippen LogP contribution in [0.1, 0.15) is 95.6 Å². The van der Waals surface area contributed by atoms with Crippen molar-refractivity contribution in [1.29, 1.82) is 0 Å². The van der Waals surface area contributed by atoms with Gasteiger partial charge in [-0.15, -0.1) is 0 Å². The van der Waals surface area contributed by atoms with Gasteiger partial charge in [-0.2, -0.15) is 0 Å². The molecule has 37 heavy (non-hydrogen) atoms. The fourth-order valence-electron chi connectivity index (χ4n) is 4.67. The van der Waals surface area contributed by atoms with E-state index < -0.39 is 0 Å². The van der Waals surface area contributed by atoms with Crippen LogP contribution in [0.5, 0.6) is 5.75 Å². The van der Waals surface area contributed by atoms with Crippen molar-refractivity contribution in [3.8, 4) is 5.75 Å². The molecule has 0 N–H and O–H groups in total. The number of esters is 1. The van der Waals surface area contributed by atoms with Gasteiger partial charge in [0.2, 0.25) is 0 Å². The molecule has 0 saturated heterocycles. The molecular formula is C33H52NO3+. The third-order valence-electron chi connectivity index (χ3n) is 7.08. The summed E-state index contributed by atoms with van der Waals surface area (Å²) in [6.45, 7) is 6.29. The lowest BCUT2D eigenvalue weighted by atomic mass is 10.0. The van der Waals surface area contributed by atoms with Crippen LogP contribution in [0.15, 0.2) is 54.6 Å². The Morgan fingerprint density at radius 3 is 2.11 bits per heavy atom. The van der Waals surface area contributed by atoms with Gasteiger partial charge < -0.3 is 14.0 Å². The third-order valence-corrected chi connectivity index (χ3v) is 7.08. The summed E-state index contributed by atoms with van der Waals surface area (Å²) in [5.41, 5.74) is 2.54. The Kier molecular flexibility index (Phi) is 15.0. The van der Waals surface area contributed by atoms with E-state index in [2.05, 4.69) is 70.4 Å². The molecule has 0 aromatic heterocycles. The zero-order chi connectivity index (χ0) is 26.8. The number of benzene rings is 2. The van der Waals surface area contributed by atoms with E-state index in [9.17, 15) is 4.79 Å². The number of quaternary nitrogens is 1. The van der Waals surface area contributed by atoms with Gasteiger partial charge in [0.1, 0.15) is 25.0 Å². The number of aryl methyl sites for hydroxylation is 1. The second-order valence-corrected chi connectivity index (χ2v) is 11.1. The van der Waals surface area contributed by atoms with E-state index in [4.69, 9.17) is 9.47 Å². The quantitative estimate of drug-likeness (QED) is 0.102. The average molecular weight is 511 g/mol. The van der Waals surface area contributed by atoms with Crippen molar-refractivity contribution < 1.29 is 18.8 Å². The SMILES string of the molecule is CCCCCCCCCCCc1ccccc1OC(CC)COC(=O)CC[N+](C)(C)Cc1ccccc1. The highest BCUT2D eigenvalue weighted by molar-refractivity contribution is 5.69. The summed E-state index contributed by atoms with van der Waals surface area (Å²) in [5.74, 6) is 0.787. The molecule has 2 rings (SSSR count).